The summed E-state index contributed by atoms with van der Waals surface area (Å²) in [6.07, 6.45) is 4.09. The number of anilines is 1. The van der Waals surface area contributed by atoms with E-state index in [1.807, 2.05) is 0 Å². The monoisotopic (exact) mass is 372 g/mol. The van der Waals surface area contributed by atoms with Crippen molar-refractivity contribution in [3.63, 3.8) is 0 Å². The van der Waals surface area contributed by atoms with Gasteiger partial charge in [-0.3, -0.25) is 4.79 Å². The van der Waals surface area contributed by atoms with E-state index in [9.17, 15) is 14.7 Å². The minimum absolute atomic E-state index is 0.0335. The van der Waals surface area contributed by atoms with Crippen molar-refractivity contribution < 1.29 is 19.4 Å². The van der Waals surface area contributed by atoms with Gasteiger partial charge in [0.15, 0.2) is 0 Å². The fraction of sp³-hybridized carbons (Fsp3) is 0.316. The van der Waals surface area contributed by atoms with Gasteiger partial charge in [0.25, 0.3) is 0 Å². The van der Waals surface area contributed by atoms with Crippen LogP contribution in [-0.4, -0.2) is 28.1 Å². The van der Waals surface area contributed by atoms with Crippen molar-refractivity contribution >= 4 is 29.2 Å². The van der Waals surface area contributed by atoms with Crippen LogP contribution in [0.5, 0.6) is 5.88 Å². The van der Waals surface area contributed by atoms with E-state index in [0.29, 0.717) is 42.3 Å². The first-order chi connectivity index (χ1) is 12.5. The lowest BCUT2D eigenvalue weighted by Gasteiger charge is -2.35. The smallest absolute Gasteiger partial charge is 0.335 e. The van der Waals surface area contributed by atoms with Crippen molar-refractivity contribution in [2.75, 3.05) is 5.32 Å². The number of nitrogens with one attached hydrogen (secondary N) is 1. The van der Waals surface area contributed by atoms with Gasteiger partial charge in [0.2, 0.25) is 11.8 Å². The van der Waals surface area contributed by atoms with Gasteiger partial charge in [-0.1, -0.05) is 11.6 Å². The second-order valence-electron chi connectivity index (χ2n) is 6.73. The van der Waals surface area contributed by atoms with Crippen LogP contribution in [0.3, 0.4) is 0 Å². The topological polar surface area (TPSA) is 88.5 Å². The third-order valence-corrected chi connectivity index (χ3v) is 5.46. The molecule has 7 heteroatoms. The van der Waals surface area contributed by atoms with E-state index in [1.165, 1.54) is 12.3 Å². The summed E-state index contributed by atoms with van der Waals surface area (Å²) in [4.78, 5) is 28.1. The summed E-state index contributed by atoms with van der Waals surface area (Å²) < 4.78 is 5.90. The summed E-state index contributed by atoms with van der Waals surface area (Å²) in [5.74, 6) is -0.536. The van der Waals surface area contributed by atoms with Crippen molar-refractivity contribution in [2.24, 2.45) is 0 Å². The molecule has 1 aromatic heterocycles. The van der Waals surface area contributed by atoms with Crippen molar-refractivity contribution in [2.45, 2.75) is 37.2 Å². The number of amides is 1. The summed E-state index contributed by atoms with van der Waals surface area (Å²) in [7, 11) is 0. The van der Waals surface area contributed by atoms with E-state index < -0.39 is 11.4 Å². The molecule has 0 saturated heterocycles. The zero-order valence-corrected chi connectivity index (χ0v) is 14.6. The van der Waals surface area contributed by atoms with Crippen molar-refractivity contribution in [1.82, 2.24) is 4.98 Å². The molecule has 4 rings (SSSR count). The Morgan fingerprint density at radius 3 is 2.69 bits per heavy atom. The number of hydrogen-bond donors (Lipinski definition) is 2. The molecule has 0 bridgehead atoms. The Balaban J connectivity index is 1.53. The van der Waals surface area contributed by atoms with Crippen molar-refractivity contribution in [1.29, 1.82) is 0 Å². The first-order valence-corrected chi connectivity index (χ1v) is 8.83. The number of halogens is 1. The van der Waals surface area contributed by atoms with Gasteiger partial charge in [0.1, 0.15) is 6.10 Å². The number of carboxylic acids is 1. The molecule has 6 nitrogen and oxygen atoms in total. The van der Waals surface area contributed by atoms with Gasteiger partial charge in [-0.25, -0.2) is 9.78 Å². The van der Waals surface area contributed by atoms with Crippen LogP contribution >= 0.6 is 11.6 Å². The highest BCUT2D eigenvalue weighted by Crippen LogP contribution is 2.48. The van der Waals surface area contributed by atoms with E-state index in [1.54, 1.807) is 24.3 Å². The van der Waals surface area contributed by atoms with Crippen LogP contribution in [-0.2, 0) is 10.2 Å². The van der Waals surface area contributed by atoms with Gasteiger partial charge in [-0.2, -0.15) is 0 Å². The number of benzene rings is 1. The fourth-order valence-corrected chi connectivity index (χ4v) is 3.96. The third-order valence-electron chi connectivity index (χ3n) is 5.24. The lowest BCUT2D eigenvalue weighted by Crippen LogP contribution is -2.41. The molecule has 0 radical (unpaired) electrons. The SMILES string of the molecule is O=C(O)c1ccc2c(c1)C1(CCC(Oc3ccc(Cl)cn3)CC1)C(=O)N2. The number of rotatable bonds is 3. The van der Waals surface area contributed by atoms with Crippen molar-refractivity contribution in [3.05, 3.63) is 52.7 Å². The number of carboxylic acid groups (broad SMARTS) is 1. The summed E-state index contributed by atoms with van der Waals surface area (Å²) in [5, 5.41) is 12.7. The second kappa shape index (κ2) is 6.29. The normalized spacial score (nSPS) is 24.2. The number of ether oxygens (including phenoxy) is 1. The van der Waals surface area contributed by atoms with Crippen LogP contribution in [0.2, 0.25) is 5.02 Å². The molecular weight excluding hydrogens is 356 g/mol. The molecule has 26 heavy (non-hydrogen) atoms. The van der Waals surface area contributed by atoms with Gasteiger partial charge >= 0.3 is 5.97 Å². The van der Waals surface area contributed by atoms with Crippen molar-refractivity contribution in [3.8, 4) is 5.88 Å². The molecule has 0 atom stereocenters. The van der Waals surface area contributed by atoms with E-state index in [0.717, 1.165) is 5.56 Å². The molecule has 2 aliphatic rings. The molecule has 1 aromatic carbocycles. The maximum Gasteiger partial charge on any atom is 0.335 e. The fourth-order valence-electron chi connectivity index (χ4n) is 3.85. The molecule has 2 heterocycles. The van der Waals surface area contributed by atoms with E-state index in [-0.39, 0.29) is 17.6 Å². The first-order valence-electron chi connectivity index (χ1n) is 8.45. The van der Waals surface area contributed by atoms with E-state index in [2.05, 4.69) is 10.3 Å². The van der Waals surface area contributed by atoms with Gasteiger partial charge in [0.05, 0.1) is 16.0 Å². The Bertz CT molecular complexity index is 874. The highest BCUT2D eigenvalue weighted by Gasteiger charge is 2.49. The van der Waals surface area contributed by atoms with Crippen LogP contribution < -0.4 is 10.1 Å². The Hall–Kier alpha value is -2.60. The largest absolute Gasteiger partial charge is 0.478 e. The molecule has 2 aromatic rings. The Morgan fingerprint density at radius 2 is 2.04 bits per heavy atom. The Labute approximate surface area is 155 Å². The van der Waals surface area contributed by atoms with Gasteiger partial charge in [-0.05, 0) is 55.5 Å². The molecule has 0 unspecified atom stereocenters. The van der Waals surface area contributed by atoms with Crippen LogP contribution in [0, 0.1) is 0 Å². The average molecular weight is 373 g/mol. The zero-order chi connectivity index (χ0) is 18.3. The number of carbonyl (C=O) groups is 2. The lowest BCUT2D eigenvalue weighted by molar-refractivity contribution is -0.122. The highest BCUT2D eigenvalue weighted by molar-refractivity contribution is 6.30. The molecule has 1 spiro atoms. The predicted octanol–water partition coefficient (Wildman–Crippen LogP) is 3.64. The van der Waals surface area contributed by atoms with Gasteiger partial charge in [-0.15, -0.1) is 0 Å². The number of hydrogen-bond acceptors (Lipinski definition) is 4. The minimum atomic E-state index is -0.992. The summed E-state index contributed by atoms with van der Waals surface area (Å²) in [5.41, 5.74) is 1.02. The van der Waals surface area contributed by atoms with Gasteiger partial charge in [0, 0.05) is 18.0 Å². The maximum absolute atomic E-state index is 12.7. The molecule has 134 valence electrons. The molecule has 1 fully saturated rings. The molecule has 1 aliphatic carbocycles. The summed E-state index contributed by atoms with van der Waals surface area (Å²) in [6.45, 7) is 0. The highest BCUT2D eigenvalue weighted by atomic mass is 35.5. The van der Waals surface area contributed by atoms with Crippen LogP contribution in [0.25, 0.3) is 0 Å². The number of carbonyl (C=O) groups excluding carboxylic acids is 1. The second-order valence-corrected chi connectivity index (χ2v) is 7.17. The lowest BCUT2D eigenvalue weighted by atomic mass is 9.69. The first kappa shape index (κ1) is 16.8. The molecule has 2 N–H and O–H groups in total. The van der Waals surface area contributed by atoms with E-state index >= 15 is 0 Å². The maximum atomic E-state index is 12.7. The minimum Gasteiger partial charge on any atom is -0.478 e. The predicted molar refractivity (Wildman–Crippen MR) is 95.8 cm³/mol. The zero-order valence-electron chi connectivity index (χ0n) is 13.9. The Morgan fingerprint density at radius 1 is 1.27 bits per heavy atom. The summed E-state index contributed by atoms with van der Waals surface area (Å²) >= 11 is 5.83. The van der Waals surface area contributed by atoms with Crippen LogP contribution in [0.15, 0.2) is 36.5 Å². The number of aromatic nitrogens is 1. The molecular formula is C19H17ClN2O4. The Kier molecular flexibility index (Phi) is 4.07. The van der Waals surface area contributed by atoms with Crippen LogP contribution in [0.4, 0.5) is 5.69 Å². The third kappa shape index (κ3) is 2.80. The number of pyridine rings is 1. The molecule has 1 amide bonds. The number of fused-ring (bicyclic) bond motifs is 2. The quantitative estimate of drug-likeness (QED) is 0.858. The van der Waals surface area contributed by atoms with Gasteiger partial charge < -0.3 is 15.2 Å². The standard InChI is InChI=1S/C19H17ClN2O4/c20-12-2-4-16(21-10-12)26-13-5-7-19(8-6-13)14-9-11(17(23)24)1-3-15(14)22-18(19)25/h1-4,9-10,13H,5-8H2,(H,22,25)(H,23,24). The average Bonchev–Trinajstić information content (AvgIpc) is 2.90. The number of nitrogens with zero attached hydrogens (tertiary/aromatic N) is 1. The molecule has 1 aliphatic heterocycles. The van der Waals surface area contributed by atoms with E-state index in [4.69, 9.17) is 16.3 Å². The molecule has 1 saturated carbocycles. The van der Waals surface area contributed by atoms with Crippen LogP contribution in [0.1, 0.15) is 41.6 Å². The number of aromatic carboxylic acids is 1. The summed E-state index contributed by atoms with van der Waals surface area (Å²) in [6, 6.07) is 8.26.